The van der Waals surface area contributed by atoms with Crippen LogP contribution >= 0.6 is 0 Å². The number of hydrogen-bond acceptors (Lipinski definition) is 15. The zero-order valence-corrected chi connectivity index (χ0v) is 16.6. The van der Waals surface area contributed by atoms with Gasteiger partial charge in [-0.2, -0.15) is 15.0 Å². The van der Waals surface area contributed by atoms with Crippen LogP contribution in [-0.2, 0) is 28.8 Å². The van der Waals surface area contributed by atoms with E-state index in [1.165, 1.54) is 0 Å². The summed E-state index contributed by atoms with van der Waals surface area (Å²) in [6, 6.07) is 0. The van der Waals surface area contributed by atoms with Gasteiger partial charge in [-0.1, -0.05) is 0 Å². The lowest BCUT2D eigenvalue weighted by Crippen LogP contribution is -2.46. The molecule has 0 saturated heterocycles. The van der Waals surface area contributed by atoms with E-state index in [4.69, 9.17) is 30.6 Å². The fraction of sp³-hybridized carbons (Fsp3) is 0.400. The number of rotatable bonds is 9. The largest absolute Gasteiger partial charge is 0.386 e. The Kier molecular flexibility index (Phi) is 10.1. The lowest BCUT2D eigenvalue weighted by Gasteiger charge is -2.23. The van der Waals surface area contributed by atoms with Crippen LogP contribution in [0.4, 0.5) is 17.8 Å². The van der Waals surface area contributed by atoms with E-state index in [1.54, 1.807) is 0 Å². The minimum atomic E-state index is -1.45. The van der Waals surface area contributed by atoms with Crippen LogP contribution in [0.5, 0.6) is 0 Å². The van der Waals surface area contributed by atoms with Gasteiger partial charge in [0.05, 0.1) is 0 Å². The molecule has 1 aromatic heterocycles. The third kappa shape index (κ3) is 6.12. The zero-order chi connectivity index (χ0) is 25.3. The highest BCUT2D eigenvalue weighted by molar-refractivity contribution is 6.17. The maximum Gasteiger partial charge on any atom is 0.261 e. The van der Waals surface area contributed by atoms with Crippen molar-refractivity contribution in [3.63, 3.8) is 0 Å². The van der Waals surface area contributed by atoms with Gasteiger partial charge in [0.15, 0.2) is 0 Å². The van der Waals surface area contributed by atoms with Gasteiger partial charge < -0.3 is 30.6 Å². The summed E-state index contributed by atoms with van der Waals surface area (Å²) in [6.07, 6.45) is 0. The standard InChI is InChI=1S/C15H18N6O12/c22-1-7(28)19(8(29)2-23)13-16-14(20(9(30)3-24)10(31)4-25)18-15(17-13)21(11(32)5-26)12(33)6-27/h22-27H,1-6H2. The maximum absolute atomic E-state index is 12.0. The molecule has 6 N–H and O–H groups in total. The summed E-state index contributed by atoms with van der Waals surface area (Å²) in [6.45, 7) is -8.05. The van der Waals surface area contributed by atoms with Gasteiger partial charge in [0.1, 0.15) is 39.6 Å². The van der Waals surface area contributed by atoms with Crippen LogP contribution in [-0.4, -0.2) is 121 Å². The van der Waals surface area contributed by atoms with Crippen molar-refractivity contribution in [2.75, 3.05) is 54.3 Å². The molecular weight excluding hydrogens is 456 g/mol. The Labute approximate surface area is 182 Å². The molecule has 18 nitrogen and oxygen atoms in total. The van der Waals surface area contributed by atoms with Gasteiger partial charge in [-0.15, -0.1) is 0 Å². The van der Waals surface area contributed by atoms with E-state index in [2.05, 4.69) is 15.0 Å². The second-order valence-corrected chi connectivity index (χ2v) is 5.55. The van der Waals surface area contributed by atoms with Gasteiger partial charge in [-0.25, -0.2) is 14.7 Å². The fourth-order valence-corrected chi connectivity index (χ4v) is 2.15. The Balaban J connectivity index is 3.99. The summed E-state index contributed by atoms with van der Waals surface area (Å²) in [4.78, 5) is 82.5. The van der Waals surface area contributed by atoms with E-state index in [9.17, 15) is 28.8 Å². The molecule has 6 amide bonds. The third-order valence-electron chi connectivity index (χ3n) is 3.51. The topological polar surface area (TPSA) is 272 Å². The number of carbonyl (C=O) groups is 6. The number of carbonyl (C=O) groups excluding carboxylic acids is 6. The lowest BCUT2D eigenvalue weighted by atomic mass is 10.4. The molecule has 1 aromatic rings. The third-order valence-corrected chi connectivity index (χ3v) is 3.51. The minimum absolute atomic E-state index is 0.0509. The number of aliphatic hydroxyl groups excluding tert-OH is 6. The first-order chi connectivity index (χ1) is 15.6. The van der Waals surface area contributed by atoms with Crippen molar-refractivity contribution >= 4 is 53.3 Å². The molecule has 0 spiro atoms. The molecule has 33 heavy (non-hydrogen) atoms. The quantitative estimate of drug-likeness (QED) is 0.194. The van der Waals surface area contributed by atoms with Crippen molar-refractivity contribution in [1.29, 1.82) is 0 Å². The van der Waals surface area contributed by atoms with E-state index >= 15 is 0 Å². The summed E-state index contributed by atoms with van der Waals surface area (Å²) in [5, 5.41) is 54.6. The second-order valence-electron chi connectivity index (χ2n) is 5.55. The van der Waals surface area contributed by atoms with Crippen molar-refractivity contribution in [2.24, 2.45) is 0 Å². The van der Waals surface area contributed by atoms with Crippen LogP contribution in [0.25, 0.3) is 0 Å². The average Bonchev–Trinajstić information content (AvgIpc) is 2.83. The number of aromatic nitrogens is 3. The zero-order valence-electron chi connectivity index (χ0n) is 16.6. The summed E-state index contributed by atoms with van der Waals surface area (Å²) < 4.78 is 0. The van der Waals surface area contributed by atoms with Gasteiger partial charge in [0.25, 0.3) is 35.4 Å². The molecule has 0 unspecified atom stereocenters. The molecule has 0 radical (unpaired) electrons. The molecule has 0 aliphatic heterocycles. The predicted molar refractivity (Wildman–Crippen MR) is 99.8 cm³/mol. The first kappa shape index (κ1) is 27.2. The number of nitrogens with zero attached hydrogens (tertiary/aromatic N) is 6. The normalized spacial score (nSPS) is 10.4. The van der Waals surface area contributed by atoms with Crippen LogP contribution in [0.3, 0.4) is 0 Å². The number of imide groups is 3. The van der Waals surface area contributed by atoms with Crippen molar-refractivity contribution in [3.05, 3.63) is 0 Å². The van der Waals surface area contributed by atoms with Crippen molar-refractivity contribution in [3.8, 4) is 0 Å². The van der Waals surface area contributed by atoms with E-state index in [0.29, 0.717) is 0 Å². The highest BCUT2D eigenvalue weighted by atomic mass is 16.3. The second kappa shape index (κ2) is 12.3. The first-order valence-corrected chi connectivity index (χ1v) is 8.60. The number of hydrogen-bond donors (Lipinski definition) is 6. The number of aliphatic hydroxyl groups is 6. The molecule has 0 atom stereocenters. The van der Waals surface area contributed by atoms with Crippen LogP contribution in [0.15, 0.2) is 0 Å². The van der Waals surface area contributed by atoms with Crippen LogP contribution in [0, 0.1) is 0 Å². The molecule has 1 rings (SSSR count). The molecule has 18 heteroatoms. The van der Waals surface area contributed by atoms with Crippen molar-refractivity contribution in [2.45, 2.75) is 0 Å². The Hall–Kier alpha value is -3.81. The predicted octanol–water partition coefficient (Wildman–Crippen LogP) is -6.60. The van der Waals surface area contributed by atoms with E-state index < -0.39 is 92.9 Å². The lowest BCUT2D eigenvalue weighted by molar-refractivity contribution is -0.130. The Morgan fingerprint density at radius 1 is 0.424 bits per heavy atom. The van der Waals surface area contributed by atoms with Crippen LogP contribution < -0.4 is 14.7 Å². The van der Waals surface area contributed by atoms with E-state index in [1.807, 2.05) is 0 Å². The minimum Gasteiger partial charge on any atom is -0.386 e. The maximum atomic E-state index is 12.0. The number of anilines is 3. The Morgan fingerprint density at radius 2 is 0.576 bits per heavy atom. The highest BCUT2D eigenvalue weighted by Gasteiger charge is 2.34. The van der Waals surface area contributed by atoms with Gasteiger partial charge >= 0.3 is 0 Å². The average molecular weight is 474 g/mol. The van der Waals surface area contributed by atoms with E-state index in [-0.39, 0.29) is 14.7 Å². The molecular formula is C15H18N6O12. The van der Waals surface area contributed by atoms with Gasteiger partial charge in [0.2, 0.25) is 17.8 Å². The molecule has 0 aromatic carbocycles. The molecule has 0 bridgehead atoms. The summed E-state index contributed by atoms with van der Waals surface area (Å²) in [5.74, 6) is -12.1. The van der Waals surface area contributed by atoms with E-state index in [0.717, 1.165) is 0 Å². The molecule has 180 valence electrons. The van der Waals surface area contributed by atoms with Gasteiger partial charge in [-0.3, -0.25) is 28.8 Å². The molecule has 0 aliphatic carbocycles. The summed E-state index contributed by atoms with van der Waals surface area (Å²) in [5.41, 5.74) is 0. The highest BCUT2D eigenvalue weighted by Crippen LogP contribution is 2.21. The summed E-state index contributed by atoms with van der Waals surface area (Å²) in [7, 11) is 0. The monoisotopic (exact) mass is 474 g/mol. The molecule has 0 saturated carbocycles. The van der Waals surface area contributed by atoms with Gasteiger partial charge in [-0.05, 0) is 0 Å². The Bertz CT molecular complexity index is 774. The van der Waals surface area contributed by atoms with Crippen molar-refractivity contribution < 1.29 is 59.4 Å². The Morgan fingerprint density at radius 3 is 0.697 bits per heavy atom. The fourth-order valence-electron chi connectivity index (χ4n) is 2.15. The van der Waals surface area contributed by atoms with Crippen molar-refractivity contribution in [1.82, 2.24) is 15.0 Å². The van der Waals surface area contributed by atoms with Gasteiger partial charge in [0, 0.05) is 0 Å². The smallest absolute Gasteiger partial charge is 0.261 e. The molecule has 0 aliphatic rings. The van der Waals surface area contributed by atoms with Crippen LogP contribution in [0.2, 0.25) is 0 Å². The number of amides is 6. The summed E-state index contributed by atoms with van der Waals surface area (Å²) >= 11 is 0. The molecule has 0 fully saturated rings. The SMILES string of the molecule is O=C(CO)N(C(=O)CO)c1nc(N(C(=O)CO)C(=O)CO)nc(N(C(=O)CO)C(=O)CO)n1. The first-order valence-electron chi connectivity index (χ1n) is 8.60. The van der Waals surface area contributed by atoms with Crippen LogP contribution in [0.1, 0.15) is 0 Å². The molecule has 1 heterocycles.